The second-order valence-corrected chi connectivity index (χ2v) is 13.7. The van der Waals surface area contributed by atoms with Crippen LogP contribution in [0.5, 0.6) is 0 Å². The SMILES string of the molecule is [2H]C(OP(=O)(O)O)[C@H](CCCCNC(=O)[C@@H](NC(=O)OC)C(c1ccccc1)c1ccccc1)N(CC([2H])(C([2H])([2H])[2H])C([2H])([2H])[2H])S(=O)(=O)c1ccc(N)cc1. The number of alkyl carbamates (subject to hydrolysis) is 1. The lowest BCUT2D eigenvalue weighted by molar-refractivity contribution is -0.123. The Hall–Kier alpha value is -3.78. The van der Waals surface area contributed by atoms with Crippen molar-refractivity contribution in [1.82, 2.24) is 14.9 Å². The number of hydrogen-bond acceptors (Lipinski definition) is 8. The predicted molar refractivity (Wildman–Crippen MR) is 182 cm³/mol. The summed E-state index contributed by atoms with van der Waals surface area (Å²) in [6.07, 6.45) is -1.51. The van der Waals surface area contributed by atoms with Crippen LogP contribution in [0.15, 0.2) is 89.8 Å². The van der Waals surface area contributed by atoms with Gasteiger partial charge in [0, 0.05) is 40.3 Å². The third-order valence-corrected chi connectivity index (χ3v) is 9.43. The highest BCUT2D eigenvalue weighted by molar-refractivity contribution is 7.89. The molecule has 3 aromatic rings. The van der Waals surface area contributed by atoms with E-state index in [1.165, 1.54) is 12.1 Å². The van der Waals surface area contributed by atoms with Gasteiger partial charge in [0.05, 0.1) is 20.0 Å². The number of hydrogen-bond donors (Lipinski definition) is 5. The van der Waals surface area contributed by atoms with E-state index >= 15 is 0 Å². The van der Waals surface area contributed by atoms with Crippen LogP contribution >= 0.6 is 7.82 Å². The van der Waals surface area contributed by atoms with Gasteiger partial charge in [-0.05, 0) is 54.1 Å². The quantitative estimate of drug-likeness (QED) is 0.0723. The fourth-order valence-corrected chi connectivity index (χ4v) is 6.79. The van der Waals surface area contributed by atoms with Gasteiger partial charge in [-0.25, -0.2) is 17.8 Å². The Morgan fingerprint density at radius 3 is 2.10 bits per heavy atom. The summed E-state index contributed by atoms with van der Waals surface area (Å²) in [6.45, 7) is -11.4. The number of methoxy groups -OCH3 is 1. The standard InChI is InChI=1S/C33H45N4O9PS/c1-24(2)22-37(48(43,44)29-19-17-27(34)18-20-29)28(23-46-47(40,41)42)16-10-11-21-35-32(38)31(36-33(39)45-3)30(25-12-6-4-7-13-25)26-14-8-5-9-15-26/h4-9,12-15,17-20,24,28,30-31H,10-11,16,21-23,34H2,1-3H3,(H,35,38)(H,36,39)(H2,40,41,42)/t28-,31-/m0/s1/i1D3,2D3,23D,24D/t23?,28-,31-. The van der Waals surface area contributed by atoms with E-state index in [4.69, 9.17) is 21.4 Å². The first kappa shape index (κ1) is 28.1. The number of nitrogens with zero attached hydrogens (tertiary/aromatic N) is 1. The summed E-state index contributed by atoms with van der Waals surface area (Å²) in [6, 6.07) is 18.9. The average Bonchev–Trinajstić information content (AvgIpc) is 3.11. The number of benzene rings is 3. The van der Waals surface area contributed by atoms with Crippen LogP contribution in [0.1, 0.15) is 61.0 Å². The molecule has 0 saturated heterocycles. The monoisotopic (exact) mass is 712 g/mol. The molecule has 0 aliphatic heterocycles. The van der Waals surface area contributed by atoms with Gasteiger partial charge in [0.25, 0.3) is 0 Å². The smallest absolute Gasteiger partial charge is 0.453 e. The lowest BCUT2D eigenvalue weighted by atomic mass is 9.84. The van der Waals surface area contributed by atoms with Crippen molar-refractivity contribution in [1.29, 1.82) is 0 Å². The maximum absolute atomic E-state index is 14.2. The molecule has 3 atom stereocenters. The second kappa shape index (κ2) is 18.1. The third kappa shape index (κ3) is 11.7. The van der Waals surface area contributed by atoms with E-state index in [0.717, 1.165) is 19.2 Å². The number of amides is 2. The van der Waals surface area contributed by atoms with Crippen LogP contribution in [-0.4, -0.2) is 73.4 Å². The fraction of sp³-hybridized carbons (Fsp3) is 0.394. The van der Waals surface area contributed by atoms with Gasteiger partial charge in [0.1, 0.15) is 6.04 Å². The van der Waals surface area contributed by atoms with Crippen molar-refractivity contribution in [2.24, 2.45) is 5.89 Å². The first-order valence-electron chi connectivity index (χ1n) is 18.8. The predicted octanol–water partition coefficient (Wildman–Crippen LogP) is 4.24. The van der Waals surface area contributed by atoms with Crippen LogP contribution in [0, 0.1) is 5.89 Å². The van der Waals surface area contributed by atoms with Crippen LogP contribution < -0.4 is 16.4 Å². The molecule has 0 radical (unpaired) electrons. The lowest BCUT2D eigenvalue weighted by Crippen LogP contribution is -2.50. The topological polar surface area (TPSA) is 198 Å². The van der Waals surface area contributed by atoms with E-state index in [1.54, 1.807) is 60.7 Å². The minimum atomic E-state index is -5.50. The number of nitrogens with one attached hydrogen (secondary N) is 2. The van der Waals surface area contributed by atoms with E-state index < -0.39 is 91.9 Å². The zero-order valence-electron chi connectivity index (χ0n) is 34.1. The van der Waals surface area contributed by atoms with E-state index in [-0.39, 0.29) is 29.4 Å². The number of nitrogen functional groups attached to an aromatic ring is 1. The molecule has 15 heteroatoms. The maximum Gasteiger partial charge on any atom is 0.469 e. The molecular formula is C33H45N4O9PS. The molecule has 0 heterocycles. The second-order valence-electron chi connectivity index (χ2n) is 10.6. The number of phosphoric ester groups is 1. The van der Waals surface area contributed by atoms with Crippen LogP contribution in [0.25, 0.3) is 0 Å². The first-order chi connectivity index (χ1) is 25.9. The highest BCUT2D eigenvalue weighted by Gasteiger charge is 2.35. The molecule has 0 fully saturated rings. The van der Waals surface area contributed by atoms with Crippen molar-refractivity contribution < 1.29 is 52.6 Å². The summed E-state index contributed by atoms with van der Waals surface area (Å²) in [7, 11) is -9.40. The number of rotatable bonds is 18. The minimum Gasteiger partial charge on any atom is -0.453 e. The Kier molecular flexibility index (Phi) is 10.6. The molecule has 0 saturated carbocycles. The van der Waals surface area contributed by atoms with Crippen LogP contribution in [-0.2, 0) is 28.6 Å². The largest absolute Gasteiger partial charge is 0.469 e. The molecule has 0 spiro atoms. The van der Waals surface area contributed by atoms with E-state index in [1.807, 2.05) is 0 Å². The van der Waals surface area contributed by atoms with Gasteiger partial charge in [-0.3, -0.25) is 9.32 Å². The number of phosphoric acid groups is 1. The summed E-state index contributed by atoms with van der Waals surface area (Å²) >= 11 is 0. The van der Waals surface area contributed by atoms with Crippen LogP contribution in [0.2, 0.25) is 0 Å². The molecule has 3 aromatic carbocycles. The van der Waals surface area contributed by atoms with Gasteiger partial charge in [0.2, 0.25) is 15.9 Å². The number of anilines is 1. The number of sulfonamides is 1. The van der Waals surface area contributed by atoms with Crippen LogP contribution in [0.4, 0.5) is 10.5 Å². The van der Waals surface area contributed by atoms with Gasteiger partial charge in [-0.2, -0.15) is 4.31 Å². The molecule has 2 amide bonds. The van der Waals surface area contributed by atoms with Crippen molar-refractivity contribution in [2.75, 3.05) is 32.5 Å². The van der Waals surface area contributed by atoms with Gasteiger partial charge < -0.3 is 30.9 Å². The zero-order chi connectivity index (χ0) is 42.1. The van der Waals surface area contributed by atoms with E-state index in [2.05, 4.69) is 15.2 Å². The third-order valence-electron chi connectivity index (χ3n) is 7.14. The molecule has 0 aromatic heterocycles. The highest BCUT2D eigenvalue weighted by Crippen LogP contribution is 2.37. The number of carbonyl (C=O) groups excluding carboxylic acids is 2. The highest BCUT2D eigenvalue weighted by atomic mass is 32.2. The maximum atomic E-state index is 14.2. The summed E-state index contributed by atoms with van der Waals surface area (Å²) in [5.41, 5.74) is 7.20. The van der Waals surface area contributed by atoms with Crippen molar-refractivity contribution in [2.45, 2.75) is 55.9 Å². The van der Waals surface area contributed by atoms with Crippen molar-refractivity contribution in [3.63, 3.8) is 0 Å². The summed E-state index contributed by atoms with van der Waals surface area (Å²) < 4.78 is 114. The van der Waals surface area contributed by atoms with Crippen LogP contribution in [0.3, 0.4) is 0 Å². The molecule has 0 aliphatic rings. The van der Waals surface area contributed by atoms with Crippen molar-refractivity contribution in [3.8, 4) is 0 Å². The lowest BCUT2D eigenvalue weighted by Gasteiger charge is -2.32. The fourth-order valence-electron chi connectivity index (χ4n) is 4.93. The molecule has 262 valence electrons. The van der Waals surface area contributed by atoms with E-state index in [0.29, 0.717) is 11.1 Å². The zero-order valence-corrected chi connectivity index (χ0v) is 27.8. The Morgan fingerprint density at radius 2 is 1.58 bits per heavy atom. The molecule has 6 N–H and O–H groups in total. The average molecular weight is 713 g/mol. The summed E-state index contributed by atoms with van der Waals surface area (Å²) in [5, 5.41) is 5.28. The van der Waals surface area contributed by atoms with Gasteiger partial charge >= 0.3 is 13.9 Å². The Bertz CT molecular complexity index is 1850. The molecule has 48 heavy (non-hydrogen) atoms. The van der Waals surface area contributed by atoms with Gasteiger partial charge in [-0.15, -0.1) is 0 Å². The Morgan fingerprint density at radius 1 is 1.00 bits per heavy atom. The molecule has 0 bridgehead atoms. The van der Waals surface area contributed by atoms with Gasteiger partial charge in [0.15, 0.2) is 0 Å². The molecule has 13 nitrogen and oxygen atoms in total. The summed E-state index contributed by atoms with van der Waals surface area (Å²) in [5.74, 6) is -4.83. The molecular weight excluding hydrogens is 659 g/mol. The van der Waals surface area contributed by atoms with Crippen molar-refractivity contribution >= 4 is 35.5 Å². The molecule has 3 rings (SSSR count). The normalized spacial score (nSPS) is 17.2. The summed E-state index contributed by atoms with van der Waals surface area (Å²) in [4.78, 5) is 44.8. The minimum absolute atomic E-state index is 0.0114. The number of unbranched alkanes of at least 4 members (excludes halogenated alkanes) is 1. The van der Waals surface area contributed by atoms with E-state index in [9.17, 15) is 32.4 Å². The Balaban J connectivity index is 1.97. The number of carbonyl (C=O) groups is 2. The van der Waals surface area contributed by atoms with Gasteiger partial charge in [-0.1, -0.05) is 80.8 Å². The molecule has 0 aliphatic carbocycles. The first-order valence-corrected chi connectivity index (χ1v) is 17.7. The number of nitrogens with two attached hydrogens (primary N) is 1. The molecule has 1 unspecified atom stereocenters. The number of ether oxygens (including phenoxy) is 1. The Labute approximate surface area is 293 Å². The van der Waals surface area contributed by atoms with Crippen molar-refractivity contribution in [3.05, 3.63) is 96.1 Å².